The molecule has 0 bridgehead atoms. The smallest absolute Gasteiger partial charge is 0.119 e. The molecule has 2 aliphatic carbocycles. The zero-order chi connectivity index (χ0) is 9.76. The number of fused-ring (bicyclic) bond motifs is 2. The van der Waals surface area contributed by atoms with Crippen molar-refractivity contribution >= 4 is 0 Å². The van der Waals surface area contributed by atoms with E-state index in [0.717, 1.165) is 12.2 Å². The fourth-order valence-corrected chi connectivity index (χ4v) is 2.79. The summed E-state index contributed by atoms with van der Waals surface area (Å²) in [4.78, 5) is 0. The average molecular weight is 189 g/mol. The maximum absolute atomic E-state index is 6.03. The standard InChI is InChI=1S/C12H15NO/c1-14-9-3-2-8-4-5-12(7-11(12)13)10(8)6-9/h2-3,6,11H,4-5,7,13H2,1H3/t11-,12-/m0/s1. The van der Waals surface area contributed by atoms with Gasteiger partial charge < -0.3 is 10.5 Å². The van der Waals surface area contributed by atoms with Crippen molar-refractivity contribution in [3.63, 3.8) is 0 Å². The molecule has 0 aliphatic heterocycles. The first-order valence-electron chi connectivity index (χ1n) is 5.19. The van der Waals surface area contributed by atoms with E-state index in [2.05, 4.69) is 12.1 Å². The fraction of sp³-hybridized carbons (Fsp3) is 0.500. The van der Waals surface area contributed by atoms with E-state index in [-0.39, 0.29) is 0 Å². The van der Waals surface area contributed by atoms with Crippen LogP contribution in [0.3, 0.4) is 0 Å². The molecule has 74 valence electrons. The van der Waals surface area contributed by atoms with Crippen LogP contribution in [0.1, 0.15) is 24.0 Å². The van der Waals surface area contributed by atoms with Gasteiger partial charge in [0.25, 0.3) is 0 Å². The summed E-state index contributed by atoms with van der Waals surface area (Å²) in [6.07, 6.45) is 3.58. The lowest BCUT2D eigenvalue weighted by Crippen LogP contribution is -2.15. The van der Waals surface area contributed by atoms with Crippen LogP contribution >= 0.6 is 0 Å². The van der Waals surface area contributed by atoms with Gasteiger partial charge in [0.05, 0.1) is 7.11 Å². The Bertz CT molecular complexity index is 388. The predicted octanol–water partition coefficient (Wildman–Crippen LogP) is 1.61. The molecule has 0 aromatic heterocycles. The summed E-state index contributed by atoms with van der Waals surface area (Å²) in [7, 11) is 1.72. The molecule has 2 aliphatic rings. The van der Waals surface area contributed by atoms with Crippen LogP contribution in [0, 0.1) is 0 Å². The monoisotopic (exact) mass is 189 g/mol. The molecule has 1 saturated carbocycles. The summed E-state index contributed by atoms with van der Waals surface area (Å²) in [5.41, 5.74) is 9.27. The minimum Gasteiger partial charge on any atom is -0.497 e. The molecule has 0 unspecified atom stereocenters. The fourth-order valence-electron chi connectivity index (χ4n) is 2.79. The molecule has 2 atom stereocenters. The van der Waals surface area contributed by atoms with Gasteiger partial charge in [-0.15, -0.1) is 0 Å². The zero-order valence-corrected chi connectivity index (χ0v) is 8.42. The molecule has 3 rings (SSSR count). The van der Waals surface area contributed by atoms with Crippen molar-refractivity contribution in [2.24, 2.45) is 5.73 Å². The Balaban J connectivity index is 2.09. The molecule has 1 aromatic rings. The summed E-state index contributed by atoms with van der Waals surface area (Å²) in [6.45, 7) is 0. The number of hydrogen-bond donors (Lipinski definition) is 1. The number of aryl methyl sites for hydroxylation is 1. The Morgan fingerprint density at radius 2 is 2.29 bits per heavy atom. The Morgan fingerprint density at radius 3 is 2.93 bits per heavy atom. The zero-order valence-electron chi connectivity index (χ0n) is 8.42. The van der Waals surface area contributed by atoms with Gasteiger partial charge in [-0.05, 0) is 42.5 Å². The Kier molecular flexibility index (Phi) is 1.49. The van der Waals surface area contributed by atoms with E-state index in [1.165, 1.54) is 24.0 Å². The molecule has 0 saturated heterocycles. The number of methoxy groups -OCH3 is 1. The number of nitrogens with two attached hydrogens (primary N) is 1. The van der Waals surface area contributed by atoms with Gasteiger partial charge in [-0.25, -0.2) is 0 Å². The van der Waals surface area contributed by atoms with Crippen molar-refractivity contribution < 1.29 is 4.74 Å². The van der Waals surface area contributed by atoms with Crippen LogP contribution in [0.5, 0.6) is 5.75 Å². The van der Waals surface area contributed by atoms with Gasteiger partial charge >= 0.3 is 0 Å². The second kappa shape index (κ2) is 2.51. The third-order valence-electron chi connectivity index (χ3n) is 3.83. The molecular weight excluding hydrogens is 174 g/mol. The minimum atomic E-state index is 0.323. The predicted molar refractivity (Wildman–Crippen MR) is 55.6 cm³/mol. The quantitative estimate of drug-likeness (QED) is 0.728. The van der Waals surface area contributed by atoms with E-state index in [9.17, 15) is 0 Å². The molecule has 1 fully saturated rings. The third-order valence-corrected chi connectivity index (χ3v) is 3.83. The number of hydrogen-bond acceptors (Lipinski definition) is 2. The van der Waals surface area contributed by atoms with Crippen LogP contribution in [0.25, 0.3) is 0 Å². The molecule has 0 radical (unpaired) electrons. The highest BCUT2D eigenvalue weighted by atomic mass is 16.5. The molecule has 2 heteroatoms. The first-order valence-corrected chi connectivity index (χ1v) is 5.19. The van der Waals surface area contributed by atoms with Crippen molar-refractivity contribution in [2.75, 3.05) is 7.11 Å². The average Bonchev–Trinajstić information content (AvgIpc) is 2.71. The lowest BCUT2D eigenvalue weighted by atomic mass is 9.97. The van der Waals surface area contributed by atoms with Crippen LogP contribution in [0.2, 0.25) is 0 Å². The van der Waals surface area contributed by atoms with Crippen LogP contribution in [-0.2, 0) is 11.8 Å². The third kappa shape index (κ3) is 0.894. The minimum absolute atomic E-state index is 0.323. The van der Waals surface area contributed by atoms with Gasteiger partial charge in [-0.1, -0.05) is 6.07 Å². The van der Waals surface area contributed by atoms with Crippen molar-refractivity contribution in [1.82, 2.24) is 0 Å². The molecule has 2 N–H and O–H groups in total. The summed E-state index contributed by atoms with van der Waals surface area (Å²) < 4.78 is 5.25. The van der Waals surface area contributed by atoms with Crippen LogP contribution in [-0.4, -0.2) is 13.2 Å². The second-order valence-corrected chi connectivity index (χ2v) is 4.49. The van der Waals surface area contributed by atoms with Crippen molar-refractivity contribution in [1.29, 1.82) is 0 Å². The molecule has 1 aromatic carbocycles. The van der Waals surface area contributed by atoms with E-state index >= 15 is 0 Å². The Morgan fingerprint density at radius 1 is 1.50 bits per heavy atom. The van der Waals surface area contributed by atoms with E-state index in [1.54, 1.807) is 7.11 Å². The van der Waals surface area contributed by atoms with Gasteiger partial charge in [-0.3, -0.25) is 0 Å². The number of ether oxygens (including phenoxy) is 1. The summed E-state index contributed by atoms with van der Waals surface area (Å²) in [5.74, 6) is 0.962. The van der Waals surface area contributed by atoms with E-state index in [1.807, 2.05) is 6.07 Å². The Labute approximate surface area is 84.1 Å². The van der Waals surface area contributed by atoms with Gasteiger partial charge in [0.2, 0.25) is 0 Å². The molecule has 2 nitrogen and oxygen atoms in total. The lowest BCUT2D eigenvalue weighted by molar-refractivity contribution is 0.413. The van der Waals surface area contributed by atoms with Gasteiger partial charge in [0.1, 0.15) is 5.75 Å². The van der Waals surface area contributed by atoms with Gasteiger partial charge in [-0.2, -0.15) is 0 Å². The summed E-state index contributed by atoms with van der Waals surface area (Å²) in [5, 5.41) is 0. The number of benzene rings is 1. The highest BCUT2D eigenvalue weighted by molar-refractivity contribution is 5.49. The van der Waals surface area contributed by atoms with Crippen molar-refractivity contribution in [2.45, 2.75) is 30.7 Å². The molecule has 0 amide bonds. The molecule has 0 heterocycles. The van der Waals surface area contributed by atoms with Crippen molar-refractivity contribution in [3.05, 3.63) is 29.3 Å². The molecule has 1 spiro atoms. The summed E-state index contributed by atoms with van der Waals surface area (Å²) in [6, 6.07) is 6.80. The van der Waals surface area contributed by atoms with E-state index in [4.69, 9.17) is 10.5 Å². The van der Waals surface area contributed by atoms with E-state index < -0.39 is 0 Å². The molecule has 14 heavy (non-hydrogen) atoms. The van der Waals surface area contributed by atoms with Crippen LogP contribution < -0.4 is 10.5 Å². The summed E-state index contributed by atoms with van der Waals surface area (Å²) >= 11 is 0. The molecular formula is C12H15NO. The highest BCUT2D eigenvalue weighted by Gasteiger charge is 2.56. The lowest BCUT2D eigenvalue weighted by Gasteiger charge is -2.10. The second-order valence-electron chi connectivity index (χ2n) is 4.49. The van der Waals surface area contributed by atoms with Crippen molar-refractivity contribution in [3.8, 4) is 5.75 Å². The van der Waals surface area contributed by atoms with Crippen LogP contribution in [0.15, 0.2) is 18.2 Å². The first kappa shape index (κ1) is 8.30. The maximum atomic E-state index is 6.03. The van der Waals surface area contributed by atoms with E-state index in [0.29, 0.717) is 11.5 Å². The van der Waals surface area contributed by atoms with Crippen LogP contribution in [0.4, 0.5) is 0 Å². The highest BCUT2D eigenvalue weighted by Crippen LogP contribution is 2.56. The number of rotatable bonds is 1. The van der Waals surface area contributed by atoms with Gasteiger partial charge in [0, 0.05) is 11.5 Å². The normalized spacial score (nSPS) is 33.1. The maximum Gasteiger partial charge on any atom is 0.119 e. The Hall–Kier alpha value is -1.02. The SMILES string of the molecule is COc1ccc2c(c1)[C@]1(CC2)C[C@@H]1N. The van der Waals surface area contributed by atoms with Gasteiger partial charge in [0.15, 0.2) is 0 Å². The largest absolute Gasteiger partial charge is 0.497 e. The first-order chi connectivity index (χ1) is 6.76. The topological polar surface area (TPSA) is 35.2 Å².